The van der Waals surface area contributed by atoms with Gasteiger partial charge in [0.1, 0.15) is 0 Å². The molecule has 3 heteroatoms. The molecule has 4 fully saturated rings. The minimum Gasteiger partial charge on any atom is -0.171 e. The molecule has 27 heavy (non-hydrogen) atoms. The monoisotopic (exact) mass is 380 g/mol. The second-order valence-electron chi connectivity index (χ2n) is 10.7. The van der Waals surface area contributed by atoms with Crippen LogP contribution in [0.3, 0.4) is 0 Å². The van der Waals surface area contributed by atoms with Gasteiger partial charge in [-0.3, -0.25) is 0 Å². The Morgan fingerprint density at radius 1 is 0.926 bits per heavy atom. The molecule has 0 heterocycles. The first-order valence-corrected chi connectivity index (χ1v) is 11.2. The number of terminal acetylenes is 1. The molecule has 4 aliphatic rings. The molecule has 4 saturated carbocycles. The summed E-state index contributed by atoms with van der Waals surface area (Å²) in [7, 11) is 0. The van der Waals surface area contributed by atoms with Crippen molar-refractivity contribution in [3.63, 3.8) is 0 Å². The van der Waals surface area contributed by atoms with Crippen LogP contribution in [0.15, 0.2) is 0 Å². The van der Waals surface area contributed by atoms with Crippen molar-refractivity contribution in [2.24, 2.45) is 46.3 Å². The average molecular weight is 381 g/mol. The molecule has 152 valence electrons. The Morgan fingerprint density at radius 2 is 1.63 bits per heavy atom. The van der Waals surface area contributed by atoms with E-state index in [2.05, 4.69) is 19.8 Å². The van der Waals surface area contributed by atoms with E-state index >= 15 is 0 Å². The first kappa shape index (κ1) is 19.7. The van der Waals surface area contributed by atoms with Gasteiger partial charge in [0.05, 0.1) is 5.92 Å². The van der Waals surface area contributed by atoms with E-state index in [-0.39, 0.29) is 11.3 Å². The zero-order chi connectivity index (χ0) is 19.4. The lowest BCUT2D eigenvalue weighted by Crippen LogP contribution is -2.54. The fraction of sp³-hybridized carbons (Fsp3) is 0.917. The lowest BCUT2D eigenvalue weighted by Gasteiger charge is -2.61. The van der Waals surface area contributed by atoms with Gasteiger partial charge < -0.3 is 0 Å². The summed E-state index contributed by atoms with van der Waals surface area (Å²) in [5.41, 5.74) is 0.563. The third-order valence-electron chi connectivity index (χ3n) is 9.96. The maximum Gasteiger partial charge on any atom is 0.391 e. The summed E-state index contributed by atoms with van der Waals surface area (Å²) in [4.78, 5) is 0. The summed E-state index contributed by atoms with van der Waals surface area (Å²) in [6.07, 6.45) is 12.4. The summed E-state index contributed by atoms with van der Waals surface area (Å²) in [5, 5.41) is 0. The number of halogens is 3. The van der Waals surface area contributed by atoms with E-state index in [1.54, 1.807) is 0 Å². The Balaban J connectivity index is 1.52. The van der Waals surface area contributed by atoms with Crippen LogP contribution in [0.2, 0.25) is 0 Å². The van der Waals surface area contributed by atoms with Crippen LogP contribution in [0.25, 0.3) is 0 Å². The topological polar surface area (TPSA) is 0 Å². The predicted molar refractivity (Wildman–Crippen MR) is 103 cm³/mol. The molecule has 0 saturated heterocycles. The second-order valence-corrected chi connectivity index (χ2v) is 10.7. The molecule has 4 rings (SSSR count). The molecule has 0 nitrogen and oxygen atoms in total. The van der Waals surface area contributed by atoms with Crippen LogP contribution in [0.5, 0.6) is 0 Å². The second kappa shape index (κ2) is 6.70. The van der Waals surface area contributed by atoms with Crippen LogP contribution in [0.1, 0.15) is 84.5 Å². The minimum absolute atomic E-state index is 0.142. The van der Waals surface area contributed by atoms with Gasteiger partial charge in [0.25, 0.3) is 0 Å². The lowest BCUT2D eigenvalue weighted by molar-refractivity contribution is -0.208. The Hall–Kier alpha value is -0.650. The van der Waals surface area contributed by atoms with Gasteiger partial charge in [0, 0.05) is 6.42 Å². The third kappa shape index (κ3) is 3.05. The summed E-state index contributed by atoms with van der Waals surface area (Å²) in [5.74, 6) is 4.97. The van der Waals surface area contributed by atoms with Crippen LogP contribution < -0.4 is 0 Å². The summed E-state index contributed by atoms with van der Waals surface area (Å²) in [6.45, 7) is 4.87. The number of alkyl halides is 3. The van der Waals surface area contributed by atoms with Crippen molar-refractivity contribution in [3.05, 3.63) is 0 Å². The van der Waals surface area contributed by atoms with Gasteiger partial charge in [-0.2, -0.15) is 13.2 Å². The summed E-state index contributed by atoms with van der Waals surface area (Å²) in [6, 6.07) is 0. The molecule has 8 atom stereocenters. The fourth-order valence-electron chi connectivity index (χ4n) is 8.40. The van der Waals surface area contributed by atoms with Gasteiger partial charge in [0.2, 0.25) is 0 Å². The van der Waals surface area contributed by atoms with Crippen LogP contribution in [-0.4, -0.2) is 6.18 Å². The van der Waals surface area contributed by atoms with Gasteiger partial charge in [-0.15, -0.1) is 12.3 Å². The third-order valence-corrected chi connectivity index (χ3v) is 9.96. The van der Waals surface area contributed by atoms with Gasteiger partial charge in [0.15, 0.2) is 0 Å². The van der Waals surface area contributed by atoms with Crippen LogP contribution in [-0.2, 0) is 0 Å². The Kier molecular flexibility index (Phi) is 4.88. The largest absolute Gasteiger partial charge is 0.391 e. The van der Waals surface area contributed by atoms with Gasteiger partial charge in [-0.25, -0.2) is 0 Å². The van der Waals surface area contributed by atoms with Crippen molar-refractivity contribution < 1.29 is 13.2 Å². The maximum absolute atomic E-state index is 13.3. The van der Waals surface area contributed by atoms with E-state index in [1.165, 1.54) is 25.7 Å². The van der Waals surface area contributed by atoms with Crippen LogP contribution in [0, 0.1) is 58.7 Å². The molecule has 0 aromatic heterocycles. The quantitative estimate of drug-likeness (QED) is 0.443. The first-order valence-electron chi connectivity index (χ1n) is 11.2. The number of fused-ring (bicyclic) bond motifs is 5. The minimum atomic E-state index is -4.00. The highest BCUT2D eigenvalue weighted by atomic mass is 19.4. The highest BCUT2D eigenvalue weighted by Crippen LogP contribution is 2.68. The van der Waals surface area contributed by atoms with Crippen molar-refractivity contribution in [3.8, 4) is 12.3 Å². The molecule has 0 spiro atoms. The van der Waals surface area contributed by atoms with E-state index in [4.69, 9.17) is 6.42 Å². The summed E-state index contributed by atoms with van der Waals surface area (Å²) >= 11 is 0. The SMILES string of the molecule is C#CCCC1CCC2C3CC[C@@H]4CC(C(F)(F)F)CC[C@]4(C)C3CCC12C. The molecule has 0 aromatic rings. The van der Waals surface area contributed by atoms with E-state index in [0.29, 0.717) is 24.2 Å². The highest BCUT2D eigenvalue weighted by molar-refractivity contribution is 5.09. The number of hydrogen-bond donors (Lipinski definition) is 0. The zero-order valence-electron chi connectivity index (χ0n) is 17.0. The van der Waals surface area contributed by atoms with E-state index in [1.807, 2.05) is 0 Å². The lowest BCUT2D eigenvalue weighted by atomic mass is 9.44. The maximum atomic E-state index is 13.3. The first-order chi connectivity index (χ1) is 12.7. The average Bonchev–Trinajstić information content (AvgIpc) is 2.94. The van der Waals surface area contributed by atoms with Crippen molar-refractivity contribution in [2.75, 3.05) is 0 Å². The number of rotatable bonds is 2. The fourth-order valence-corrected chi connectivity index (χ4v) is 8.40. The Labute approximate surface area is 163 Å². The molecule has 0 radical (unpaired) electrons. The van der Waals surface area contributed by atoms with E-state index < -0.39 is 12.1 Å². The Morgan fingerprint density at radius 3 is 2.33 bits per heavy atom. The standard InChI is InChI=1S/C24H35F3/c1-4-5-6-16-8-10-20-19-9-7-17-15-18(24(25,26)27)11-13-23(17,3)21(19)12-14-22(16,20)2/h1,16-21H,5-15H2,2-3H3/t16?,17-,18?,19?,20?,21?,22?,23+/m1/s1. The number of hydrogen-bond acceptors (Lipinski definition) is 0. The molecular formula is C24H35F3. The zero-order valence-corrected chi connectivity index (χ0v) is 17.0. The van der Waals surface area contributed by atoms with Gasteiger partial charge >= 0.3 is 6.18 Å². The van der Waals surface area contributed by atoms with E-state index in [9.17, 15) is 13.2 Å². The molecule has 0 N–H and O–H groups in total. The molecule has 0 aromatic carbocycles. The van der Waals surface area contributed by atoms with Gasteiger partial charge in [-0.05, 0) is 105 Å². The molecule has 0 aliphatic heterocycles. The smallest absolute Gasteiger partial charge is 0.171 e. The Bertz CT molecular complexity index is 602. The molecule has 0 bridgehead atoms. The van der Waals surface area contributed by atoms with Crippen LogP contribution >= 0.6 is 0 Å². The predicted octanol–water partition coefficient (Wildman–Crippen LogP) is 7.24. The molecular weight excluding hydrogens is 345 g/mol. The van der Waals surface area contributed by atoms with Gasteiger partial charge in [-0.1, -0.05) is 13.8 Å². The van der Waals surface area contributed by atoms with E-state index in [0.717, 1.165) is 49.9 Å². The molecule has 6 unspecified atom stereocenters. The van der Waals surface area contributed by atoms with Crippen molar-refractivity contribution in [1.29, 1.82) is 0 Å². The van der Waals surface area contributed by atoms with Crippen molar-refractivity contribution in [1.82, 2.24) is 0 Å². The molecule has 4 aliphatic carbocycles. The van der Waals surface area contributed by atoms with Crippen molar-refractivity contribution >= 4 is 0 Å². The summed E-state index contributed by atoms with van der Waals surface area (Å²) < 4.78 is 39.9. The van der Waals surface area contributed by atoms with Crippen LogP contribution in [0.4, 0.5) is 13.2 Å². The van der Waals surface area contributed by atoms with Crippen molar-refractivity contribution in [2.45, 2.75) is 90.7 Å². The highest BCUT2D eigenvalue weighted by Gasteiger charge is 2.61. The molecule has 0 amide bonds. The normalized spacial score (nSPS) is 49.6.